The first kappa shape index (κ1) is 29.1. The molecule has 0 fully saturated rings. The summed E-state index contributed by atoms with van der Waals surface area (Å²) in [5.41, 5.74) is 0.785. The minimum atomic E-state index is -4.02. The van der Waals surface area contributed by atoms with Gasteiger partial charge in [0.2, 0.25) is 21.8 Å². The number of benzene rings is 2. The van der Waals surface area contributed by atoms with Gasteiger partial charge in [0.25, 0.3) is 5.69 Å². The number of amides is 2. The molecule has 2 rings (SSSR count). The number of rotatable bonds is 11. The largest absolute Gasteiger partial charge is 0.354 e. The van der Waals surface area contributed by atoms with Gasteiger partial charge in [-0.15, -0.1) is 0 Å². The number of anilines is 1. The fourth-order valence-corrected chi connectivity index (χ4v) is 4.55. The van der Waals surface area contributed by atoms with E-state index in [0.29, 0.717) is 22.7 Å². The van der Waals surface area contributed by atoms with Crippen LogP contribution in [0.15, 0.2) is 42.5 Å². The molecule has 36 heavy (non-hydrogen) atoms. The van der Waals surface area contributed by atoms with Crippen LogP contribution in [0.25, 0.3) is 0 Å². The normalized spacial score (nSPS) is 12.2. The molecule has 0 aliphatic heterocycles. The molecule has 2 amide bonds. The Labute approximate surface area is 216 Å². The number of carbonyl (C=O) groups excluding carboxylic acids is 2. The third-order valence-corrected chi connectivity index (χ3v) is 6.81. The van der Waals surface area contributed by atoms with Gasteiger partial charge in [0.05, 0.1) is 16.9 Å². The van der Waals surface area contributed by atoms with Crippen molar-refractivity contribution in [1.82, 2.24) is 10.2 Å². The van der Waals surface area contributed by atoms with Crippen molar-refractivity contribution in [2.75, 3.05) is 23.7 Å². The molecule has 0 bridgehead atoms. The van der Waals surface area contributed by atoms with Crippen molar-refractivity contribution in [2.24, 2.45) is 5.92 Å². The second kappa shape index (κ2) is 12.2. The monoisotopic (exact) mass is 538 g/mol. The van der Waals surface area contributed by atoms with Gasteiger partial charge in [-0.2, -0.15) is 0 Å². The van der Waals surface area contributed by atoms with Crippen molar-refractivity contribution < 1.29 is 22.9 Å². The van der Waals surface area contributed by atoms with Crippen LogP contribution >= 0.6 is 11.6 Å². The number of sulfonamides is 1. The van der Waals surface area contributed by atoms with Gasteiger partial charge >= 0.3 is 0 Å². The number of non-ortho nitro benzene ring substituents is 1. The van der Waals surface area contributed by atoms with Crippen LogP contribution in [0.4, 0.5) is 11.4 Å². The highest BCUT2D eigenvalue weighted by Gasteiger charge is 2.31. The van der Waals surface area contributed by atoms with Crippen molar-refractivity contribution in [3.05, 3.63) is 68.7 Å². The highest BCUT2D eigenvalue weighted by atomic mass is 35.5. The second-order valence-corrected chi connectivity index (χ2v) is 11.3. The fraction of sp³-hybridized carbons (Fsp3) is 0.417. The molecule has 0 saturated heterocycles. The van der Waals surface area contributed by atoms with Crippen LogP contribution in [0, 0.1) is 23.0 Å². The average molecular weight is 539 g/mol. The third kappa shape index (κ3) is 7.92. The number of hydrogen-bond donors (Lipinski definition) is 1. The molecule has 0 spiro atoms. The number of carbonyl (C=O) groups is 2. The predicted molar refractivity (Wildman–Crippen MR) is 139 cm³/mol. The van der Waals surface area contributed by atoms with E-state index in [4.69, 9.17) is 11.6 Å². The molecule has 0 aromatic heterocycles. The molecule has 0 radical (unpaired) electrons. The van der Waals surface area contributed by atoms with E-state index < -0.39 is 39.3 Å². The second-order valence-electron chi connectivity index (χ2n) is 8.96. The Morgan fingerprint density at radius 2 is 1.81 bits per heavy atom. The predicted octanol–water partition coefficient (Wildman–Crippen LogP) is 3.51. The molecule has 0 heterocycles. The molecular formula is C24H31ClN4O6S. The van der Waals surface area contributed by atoms with E-state index in [0.717, 1.165) is 16.6 Å². The first-order valence-corrected chi connectivity index (χ1v) is 13.5. The number of halogens is 1. The Bertz CT molecular complexity index is 1230. The quantitative estimate of drug-likeness (QED) is 0.344. The number of aryl methyl sites for hydroxylation is 1. The summed E-state index contributed by atoms with van der Waals surface area (Å²) in [7, 11) is -4.02. The molecule has 1 N–H and O–H groups in total. The summed E-state index contributed by atoms with van der Waals surface area (Å²) in [6, 6.07) is 9.64. The molecule has 10 nitrogen and oxygen atoms in total. The van der Waals surface area contributed by atoms with Gasteiger partial charge in [-0.25, -0.2) is 8.42 Å². The maximum Gasteiger partial charge on any atom is 0.271 e. The number of nitro groups is 1. The lowest BCUT2D eigenvalue weighted by molar-refractivity contribution is -0.384. The molecule has 0 aliphatic rings. The SMILES string of the molecule is Cc1ccc([N+](=O)[O-])cc1N(CC(=O)N(Cc1cccc(Cl)c1)[C@H](C)C(=O)NCC(C)C)S(C)(=O)=O. The van der Waals surface area contributed by atoms with Gasteiger partial charge in [-0.05, 0) is 43.0 Å². The van der Waals surface area contributed by atoms with Crippen molar-refractivity contribution in [3.8, 4) is 0 Å². The molecule has 0 unspecified atom stereocenters. The molecule has 1 atom stereocenters. The Balaban J connectivity index is 2.46. The van der Waals surface area contributed by atoms with E-state index in [-0.39, 0.29) is 23.8 Å². The average Bonchev–Trinajstić information content (AvgIpc) is 2.78. The lowest BCUT2D eigenvalue weighted by Gasteiger charge is -2.32. The van der Waals surface area contributed by atoms with Crippen LogP contribution in [0.1, 0.15) is 31.9 Å². The maximum absolute atomic E-state index is 13.6. The van der Waals surface area contributed by atoms with Crippen molar-refractivity contribution in [1.29, 1.82) is 0 Å². The maximum atomic E-state index is 13.6. The first-order valence-electron chi connectivity index (χ1n) is 11.2. The highest BCUT2D eigenvalue weighted by molar-refractivity contribution is 7.92. The third-order valence-electron chi connectivity index (χ3n) is 5.45. The van der Waals surface area contributed by atoms with Gasteiger partial charge < -0.3 is 10.2 Å². The summed E-state index contributed by atoms with van der Waals surface area (Å²) < 4.78 is 26.2. The number of nitrogens with zero attached hydrogens (tertiary/aromatic N) is 3. The van der Waals surface area contributed by atoms with Crippen LogP contribution in [0.5, 0.6) is 0 Å². The van der Waals surface area contributed by atoms with Gasteiger partial charge in [-0.3, -0.25) is 24.0 Å². The number of nitrogens with one attached hydrogen (secondary N) is 1. The van der Waals surface area contributed by atoms with Gasteiger partial charge in [0, 0.05) is 30.2 Å². The summed E-state index contributed by atoms with van der Waals surface area (Å²) in [6.45, 7) is 6.78. The zero-order valence-electron chi connectivity index (χ0n) is 20.9. The summed E-state index contributed by atoms with van der Waals surface area (Å²) in [5, 5.41) is 14.5. The number of nitro benzene ring substituents is 1. The van der Waals surface area contributed by atoms with Crippen LogP contribution < -0.4 is 9.62 Å². The zero-order chi connectivity index (χ0) is 27.2. The van der Waals surface area contributed by atoms with Crippen LogP contribution in [-0.2, 0) is 26.2 Å². The topological polar surface area (TPSA) is 130 Å². The molecule has 2 aromatic carbocycles. The zero-order valence-corrected chi connectivity index (χ0v) is 22.5. The molecule has 12 heteroatoms. The summed E-state index contributed by atoms with van der Waals surface area (Å²) >= 11 is 6.09. The van der Waals surface area contributed by atoms with Crippen LogP contribution in [0.3, 0.4) is 0 Å². The van der Waals surface area contributed by atoms with Gasteiger partial charge in [0.15, 0.2) is 0 Å². The lowest BCUT2D eigenvalue weighted by Crippen LogP contribution is -2.51. The van der Waals surface area contributed by atoms with E-state index in [9.17, 15) is 28.1 Å². The van der Waals surface area contributed by atoms with E-state index in [1.54, 1.807) is 38.1 Å². The Morgan fingerprint density at radius 1 is 1.14 bits per heavy atom. The lowest BCUT2D eigenvalue weighted by atomic mass is 10.1. The smallest absolute Gasteiger partial charge is 0.271 e. The molecule has 196 valence electrons. The van der Waals surface area contributed by atoms with Gasteiger partial charge in [0.1, 0.15) is 12.6 Å². The highest BCUT2D eigenvalue weighted by Crippen LogP contribution is 2.28. The Hall–Kier alpha value is -3.18. The molecule has 2 aromatic rings. The summed E-state index contributed by atoms with van der Waals surface area (Å²) in [6.07, 6.45) is 0.915. The van der Waals surface area contributed by atoms with E-state index in [2.05, 4.69) is 5.32 Å². The molecule has 0 saturated carbocycles. The van der Waals surface area contributed by atoms with Gasteiger partial charge in [-0.1, -0.05) is 43.6 Å². The minimum absolute atomic E-state index is 0.00117. The van der Waals surface area contributed by atoms with E-state index in [1.165, 1.54) is 17.0 Å². The summed E-state index contributed by atoms with van der Waals surface area (Å²) in [5.74, 6) is -0.856. The van der Waals surface area contributed by atoms with Crippen LogP contribution in [0.2, 0.25) is 5.02 Å². The minimum Gasteiger partial charge on any atom is -0.354 e. The van der Waals surface area contributed by atoms with Crippen molar-refractivity contribution in [2.45, 2.75) is 40.3 Å². The Kier molecular flexibility index (Phi) is 9.83. The van der Waals surface area contributed by atoms with Crippen LogP contribution in [-0.4, -0.2) is 55.4 Å². The first-order chi connectivity index (χ1) is 16.7. The number of hydrogen-bond acceptors (Lipinski definition) is 6. The molecular weight excluding hydrogens is 508 g/mol. The fourth-order valence-electron chi connectivity index (χ4n) is 3.44. The standard InChI is InChI=1S/C24H31ClN4O6S/c1-16(2)13-26-24(31)18(4)27(14-19-7-6-8-20(25)11-19)23(30)15-28(36(5,34)35)22-12-21(29(32)33)10-9-17(22)3/h6-12,16,18H,13-15H2,1-5H3,(H,26,31)/t18-/m1/s1. The Morgan fingerprint density at radius 3 is 2.36 bits per heavy atom. The van der Waals surface area contributed by atoms with Crippen molar-refractivity contribution in [3.63, 3.8) is 0 Å². The van der Waals surface area contributed by atoms with E-state index in [1.807, 2.05) is 13.8 Å². The van der Waals surface area contributed by atoms with E-state index >= 15 is 0 Å². The summed E-state index contributed by atoms with van der Waals surface area (Å²) in [4.78, 5) is 38.3. The molecule has 0 aliphatic carbocycles. The van der Waals surface area contributed by atoms with Crippen molar-refractivity contribution >= 4 is 44.8 Å².